The molecule has 5 heteroatoms. The molecule has 13 heavy (non-hydrogen) atoms. The predicted octanol–water partition coefficient (Wildman–Crippen LogP) is 2.63. The first-order valence-electron chi connectivity index (χ1n) is 3.54. The molecule has 0 aliphatic rings. The normalized spacial score (nSPS) is 10.6. The highest BCUT2D eigenvalue weighted by Crippen LogP contribution is 2.26. The topological polar surface area (TPSA) is 51.8 Å². The van der Waals surface area contributed by atoms with Gasteiger partial charge in [-0.1, -0.05) is 27.5 Å². The zero-order valence-electron chi connectivity index (χ0n) is 6.46. The summed E-state index contributed by atoms with van der Waals surface area (Å²) in [6.07, 6.45) is 1.62. The van der Waals surface area contributed by atoms with Crippen LogP contribution in [0.2, 0.25) is 5.02 Å². The second-order valence-corrected chi connectivity index (χ2v) is 3.87. The molecule has 0 bridgehead atoms. The van der Waals surface area contributed by atoms with Crippen molar-refractivity contribution in [2.45, 2.75) is 0 Å². The van der Waals surface area contributed by atoms with Crippen molar-refractivity contribution in [2.24, 2.45) is 0 Å². The number of hydrogen-bond acceptors (Lipinski definition) is 3. The number of benzene rings is 1. The summed E-state index contributed by atoms with van der Waals surface area (Å²) in [6.45, 7) is 0. The minimum atomic E-state index is 0.252. The highest BCUT2D eigenvalue weighted by molar-refractivity contribution is 9.10. The van der Waals surface area contributed by atoms with E-state index in [1.807, 2.05) is 6.07 Å². The Morgan fingerprint density at radius 2 is 2.15 bits per heavy atom. The Bertz CT molecular complexity index is 467. The number of halogens is 2. The Labute approximate surface area is 88.1 Å². The first kappa shape index (κ1) is 8.72. The van der Waals surface area contributed by atoms with Crippen molar-refractivity contribution in [1.82, 2.24) is 9.97 Å². The van der Waals surface area contributed by atoms with Crippen LogP contribution in [0.5, 0.6) is 0 Å². The lowest BCUT2D eigenvalue weighted by molar-refractivity contribution is 1.24. The van der Waals surface area contributed by atoms with Gasteiger partial charge in [0.2, 0.25) is 5.95 Å². The Morgan fingerprint density at radius 3 is 2.92 bits per heavy atom. The summed E-state index contributed by atoms with van der Waals surface area (Å²) >= 11 is 9.29. The Morgan fingerprint density at radius 1 is 1.38 bits per heavy atom. The molecule has 1 aromatic heterocycles. The smallest absolute Gasteiger partial charge is 0.220 e. The zero-order valence-corrected chi connectivity index (χ0v) is 8.80. The van der Waals surface area contributed by atoms with E-state index in [0.29, 0.717) is 5.02 Å². The van der Waals surface area contributed by atoms with Crippen LogP contribution in [0.3, 0.4) is 0 Å². The lowest BCUT2D eigenvalue weighted by atomic mass is 10.2. The van der Waals surface area contributed by atoms with E-state index in [9.17, 15) is 0 Å². The van der Waals surface area contributed by atoms with Gasteiger partial charge in [0.15, 0.2) is 0 Å². The molecule has 0 saturated carbocycles. The van der Waals surface area contributed by atoms with E-state index in [4.69, 9.17) is 17.3 Å². The van der Waals surface area contributed by atoms with Gasteiger partial charge in [-0.25, -0.2) is 9.97 Å². The molecule has 0 aliphatic heterocycles. The third kappa shape index (κ3) is 1.59. The fourth-order valence-corrected chi connectivity index (χ4v) is 1.92. The number of nitrogens with zero attached hydrogens (tertiary/aromatic N) is 2. The largest absolute Gasteiger partial charge is 0.368 e. The summed E-state index contributed by atoms with van der Waals surface area (Å²) in [7, 11) is 0. The molecule has 0 unspecified atom stereocenters. The Balaban J connectivity index is 2.86. The van der Waals surface area contributed by atoms with Crippen LogP contribution in [-0.4, -0.2) is 9.97 Å². The zero-order chi connectivity index (χ0) is 9.42. The quantitative estimate of drug-likeness (QED) is 0.790. The van der Waals surface area contributed by atoms with Gasteiger partial charge in [0, 0.05) is 16.1 Å². The standard InChI is InChI=1S/C8H5BrClN3/c9-4-1-6(10)5-3-12-8(11)13-7(5)2-4/h1-3H,(H2,11,12,13). The van der Waals surface area contributed by atoms with E-state index in [-0.39, 0.29) is 5.95 Å². The molecule has 0 spiro atoms. The molecular weight excluding hydrogens is 253 g/mol. The van der Waals surface area contributed by atoms with Gasteiger partial charge in [-0.3, -0.25) is 0 Å². The number of fused-ring (bicyclic) bond motifs is 1. The summed E-state index contributed by atoms with van der Waals surface area (Å²) in [5.41, 5.74) is 6.19. The molecule has 66 valence electrons. The first-order chi connectivity index (χ1) is 6.16. The van der Waals surface area contributed by atoms with Crippen LogP contribution in [0.25, 0.3) is 10.9 Å². The van der Waals surface area contributed by atoms with Gasteiger partial charge in [-0.05, 0) is 12.1 Å². The lowest BCUT2D eigenvalue weighted by Crippen LogP contribution is -1.94. The van der Waals surface area contributed by atoms with E-state index < -0.39 is 0 Å². The average Bonchev–Trinajstić information content (AvgIpc) is 2.02. The van der Waals surface area contributed by atoms with Crippen molar-refractivity contribution in [3.05, 3.63) is 27.8 Å². The maximum Gasteiger partial charge on any atom is 0.220 e. The Kier molecular flexibility index (Phi) is 2.09. The second-order valence-electron chi connectivity index (χ2n) is 2.55. The fraction of sp³-hybridized carbons (Fsp3) is 0. The van der Waals surface area contributed by atoms with Crippen molar-refractivity contribution in [1.29, 1.82) is 0 Å². The lowest BCUT2D eigenvalue weighted by Gasteiger charge is -2.00. The summed E-state index contributed by atoms with van der Waals surface area (Å²) in [4.78, 5) is 7.91. The SMILES string of the molecule is Nc1ncc2c(Cl)cc(Br)cc2n1. The molecule has 2 N–H and O–H groups in total. The van der Waals surface area contributed by atoms with Gasteiger partial charge < -0.3 is 5.73 Å². The second kappa shape index (κ2) is 3.12. The molecule has 0 fully saturated rings. The van der Waals surface area contributed by atoms with Crippen LogP contribution in [0.4, 0.5) is 5.95 Å². The van der Waals surface area contributed by atoms with Gasteiger partial charge in [-0.15, -0.1) is 0 Å². The number of nitrogens with two attached hydrogens (primary N) is 1. The van der Waals surface area contributed by atoms with Gasteiger partial charge in [-0.2, -0.15) is 0 Å². The van der Waals surface area contributed by atoms with Crippen molar-refractivity contribution < 1.29 is 0 Å². The number of hydrogen-bond donors (Lipinski definition) is 1. The molecule has 3 nitrogen and oxygen atoms in total. The molecule has 0 amide bonds. The first-order valence-corrected chi connectivity index (χ1v) is 4.71. The maximum absolute atomic E-state index is 5.96. The van der Waals surface area contributed by atoms with E-state index in [0.717, 1.165) is 15.4 Å². The van der Waals surface area contributed by atoms with Crippen LogP contribution in [0.15, 0.2) is 22.8 Å². The summed E-state index contributed by atoms with van der Waals surface area (Å²) in [6, 6.07) is 3.64. The minimum absolute atomic E-state index is 0.252. The molecule has 0 radical (unpaired) electrons. The highest BCUT2D eigenvalue weighted by atomic mass is 79.9. The van der Waals surface area contributed by atoms with Gasteiger partial charge in [0.1, 0.15) is 0 Å². The van der Waals surface area contributed by atoms with Crippen molar-refractivity contribution in [3.63, 3.8) is 0 Å². The van der Waals surface area contributed by atoms with Gasteiger partial charge in [0.05, 0.1) is 10.5 Å². The van der Waals surface area contributed by atoms with Crippen LogP contribution in [0.1, 0.15) is 0 Å². The van der Waals surface area contributed by atoms with Crippen LogP contribution in [0, 0.1) is 0 Å². The molecular formula is C8H5BrClN3. The molecule has 1 heterocycles. The number of rotatable bonds is 0. The summed E-state index contributed by atoms with van der Waals surface area (Å²) in [5, 5.41) is 1.42. The van der Waals surface area contributed by atoms with Crippen LogP contribution >= 0.6 is 27.5 Å². The van der Waals surface area contributed by atoms with Crippen LogP contribution in [-0.2, 0) is 0 Å². The molecule has 2 rings (SSSR count). The number of nitrogen functional groups attached to an aromatic ring is 1. The summed E-state index contributed by atoms with van der Waals surface area (Å²) in [5.74, 6) is 0.252. The van der Waals surface area contributed by atoms with E-state index in [1.54, 1.807) is 12.3 Å². The fourth-order valence-electron chi connectivity index (χ4n) is 1.07. The van der Waals surface area contributed by atoms with Crippen molar-refractivity contribution >= 4 is 44.4 Å². The van der Waals surface area contributed by atoms with Gasteiger partial charge in [0.25, 0.3) is 0 Å². The molecule has 1 aromatic carbocycles. The van der Waals surface area contributed by atoms with Crippen LogP contribution < -0.4 is 5.73 Å². The Hall–Kier alpha value is -0.870. The van der Waals surface area contributed by atoms with Gasteiger partial charge >= 0.3 is 0 Å². The summed E-state index contributed by atoms with van der Waals surface area (Å²) < 4.78 is 0.878. The van der Waals surface area contributed by atoms with E-state index >= 15 is 0 Å². The average molecular weight is 259 g/mol. The maximum atomic E-state index is 5.96. The third-order valence-electron chi connectivity index (χ3n) is 1.63. The molecule has 0 atom stereocenters. The van der Waals surface area contributed by atoms with E-state index in [1.165, 1.54) is 0 Å². The molecule has 0 saturated heterocycles. The highest BCUT2D eigenvalue weighted by Gasteiger charge is 2.02. The van der Waals surface area contributed by atoms with E-state index in [2.05, 4.69) is 25.9 Å². The number of anilines is 1. The monoisotopic (exact) mass is 257 g/mol. The molecule has 0 aliphatic carbocycles. The number of aromatic nitrogens is 2. The molecule has 2 aromatic rings. The predicted molar refractivity (Wildman–Crippen MR) is 56.7 cm³/mol. The third-order valence-corrected chi connectivity index (χ3v) is 2.40. The van der Waals surface area contributed by atoms with Crippen molar-refractivity contribution in [2.75, 3.05) is 5.73 Å². The van der Waals surface area contributed by atoms with Crippen molar-refractivity contribution in [3.8, 4) is 0 Å². The minimum Gasteiger partial charge on any atom is -0.368 e.